The van der Waals surface area contributed by atoms with Crippen LogP contribution in [0.2, 0.25) is 13.6 Å². The molecular weight excluding hydrogens is 74.9 g/mol. The van der Waals surface area contributed by atoms with Gasteiger partial charge in [0.05, 0.1) is 0 Å². The second-order valence-corrected chi connectivity index (χ2v) is 1.41. The zero-order chi connectivity index (χ0) is 4.99. The van der Waals surface area contributed by atoms with Gasteiger partial charge < -0.3 is 0 Å². The molecule has 2 nitrogen and oxygen atoms in total. The van der Waals surface area contributed by atoms with E-state index in [1.165, 1.54) is 0 Å². The molecule has 0 atom stereocenters. The second-order valence-electron chi connectivity index (χ2n) is 1.41. The smallest absolute Gasteiger partial charge is 0.260 e. The summed E-state index contributed by atoms with van der Waals surface area (Å²) in [5.41, 5.74) is 0. The van der Waals surface area contributed by atoms with E-state index in [0.717, 1.165) is 0 Å². The predicted molar refractivity (Wildman–Crippen MR) is 28.3 cm³/mol. The summed E-state index contributed by atoms with van der Waals surface area (Å²) < 4.78 is 0. The molecule has 0 aromatic carbocycles. The van der Waals surface area contributed by atoms with E-state index in [1.54, 1.807) is 7.05 Å². The zero-order valence-corrected chi connectivity index (χ0v) is 4.47. The van der Waals surface area contributed by atoms with Gasteiger partial charge in [0.25, 0.3) is 0 Å². The minimum Gasteiger partial charge on any atom is -0.260 e. The quantitative estimate of drug-likeness (QED) is 0.338. The first-order valence-electron chi connectivity index (χ1n) is 2.06. The van der Waals surface area contributed by atoms with Crippen LogP contribution in [0.25, 0.3) is 0 Å². The summed E-state index contributed by atoms with van der Waals surface area (Å²) in [7, 11) is 1.68. The Bertz CT molecular complexity index is 50.8. The van der Waals surface area contributed by atoms with Gasteiger partial charge in [0.15, 0.2) is 0 Å². The lowest BCUT2D eigenvalue weighted by Gasteiger charge is -1.80. The molecule has 0 bridgehead atoms. The Morgan fingerprint density at radius 2 is 1.83 bits per heavy atom. The third kappa shape index (κ3) is 3.66. The molecule has 0 aromatic heterocycles. The van der Waals surface area contributed by atoms with Crippen molar-refractivity contribution in [1.82, 2.24) is 0 Å². The summed E-state index contributed by atoms with van der Waals surface area (Å²) in [6.07, 6.45) is 0. The summed E-state index contributed by atoms with van der Waals surface area (Å²) in [5.74, 6) is 0. The zero-order valence-electron chi connectivity index (χ0n) is 4.47. The van der Waals surface area contributed by atoms with Gasteiger partial charge in [-0.1, -0.05) is 13.6 Å². The fraction of sp³-hybridized carbons (Fsp3) is 1.00. The molecule has 0 aliphatic carbocycles. The van der Waals surface area contributed by atoms with Crippen LogP contribution in [0.4, 0.5) is 0 Å². The second kappa shape index (κ2) is 2.88. The summed E-state index contributed by atoms with van der Waals surface area (Å²) >= 11 is 0. The minimum absolute atomic E-state index is 0.356. The standard InChI is InChI=1S/C3H9BN2/c1-4(2)6-5-3/h1-3H3. The molecular formula is C3H9BN2. The topological polar surface area (TPSA) is 24.7 Å². The Balaban J connectivity index is 3.03. The molecule has 3 heteroatoms. The van der Waals surface area contributed by atoms with Gasteiger partial charge in [-0.15, -0.1) is 0 Å². The third-order valence-electron chi connectivity index (χ3n) is 0.346. The number of nitrogens with zero attached hydrogens (tertiary/aromatic N) is 2. The average molecular weight is 83.9 g/mol. The summed E-state index contributed by atoms with van der Waals surface area (Å²) in [6.45, 7) is 4.34. The molecule has 0 fully saturated rings. The maximum Gasteiger partial charge on any atom is 0.301 e. The van der Waals surface area contributed by atoms with E-state index in [1.807, 2.05) is 13.6 Å². The molecule has 0 heterocycles. The maximum atomic E-state index is 3.75. The molecule has 0 aliphatic rings. The van der Waals surface area contributed by atoms with E-state index in [4.69, 9.17) is 0 Å². The fourth-order valence-corrected chi connectivity index (χ4v) is 0.231. The Morgan fingerprint density at radius 3 is 1.83 bits per heavy atom. The maximum absolute atomic E-state index is 3.75. The first-order chi connectivity index (χ1) is 2.77. The van der Waals surface area contributed by atoms with Crippen LogP contribution in [0.5, 0.6) is 0 Å². The van der Waals surface area contributed by atoms with Crippen molar-refractivity contribution in [3.63, 3.8) is 0 Å². The average Bonchev–Trinajstić information content (AvgIpc) is 1.35. The third-order valence-corrected chi connectivity index (χ3v) is 0.346. The van der Waals surface area contributed by atoms with Crippen molar-refractivity contribution in [3.05, 3.63) is 0 Å². The number of hydrogen-bond acceptors (Lipinski definition) is 2. The summed E-state index contributed by atoms with van der Waals surface area (Å²) in [4.78, 5) is 0. The van der Waals surface area contributed by atoms with Crippen LogP contribution in [0.3, 0.4) is 0 Å². The van der Waals surface area contributed by atoms with E-state index in [0.29, 0.717) is 6.85 Å². The fourth-order valence-electron chi connectivity index (χ4n) is 0.231. The molecule has 0 unspecified atom stereocenters. The molecule has 0 rings (SSSR count). The minimum atomic E-state index is 0.356. The first kappa shape index (κ1) is 5.66. The van der Waals surface area contributed by atoms with Crippen LogP contribution in [-0.4, -0.2) is 13.9 Å². The highest BCUT2D eigenvalue weighted by atomic mass is 15.0. The summed E-state index contributed by atoms with van der Waals surface area (Å²) in [5, 5.41) is 7.31. The van der Waals surface area contributed by atoms with Gasteiger partial charge >= 0.3 is 6.85 Å². The predicted octanol–water partition coefficient (Wildman–Crippen LogP) is 1.32. The van der Waals surface area contributed by atoms with Gasteiger partial charge in [0.2, 0.25) is 0 Å². The molecule has 6 heavy (non-hydrogen) atoms. The van der Waals surface area contributed by atoms with E-state index in [-0.39, 0.29) is 0 Å². The van der Waals surface area contributed by atoms with Crippen LogP contribution in [0, 0.1) is 0 Å². The molecule has 34 valence electrons. The monoisotopic (exact) mass is 84.1 g/mol. The lowest BCUT2D eigenvalue weighted by Crippen LogP contribution is -1.90. The normalized spacial score (nSPS) is 9.83. The van der Waals surface area contributed by atoms with Crippen molar-refractivity contribution < 1.29 is 0 Å². The number of hydrogen-bond donors (Lipinski definition) is 0. The van der Waals surface area contributed by atoms with E-state index < -0.39 is 0 Å². The van der Waals surface area contributed by atoms with Crippen molar-refractivity contribution in [2.45, 2.75) is 13.6 Å². The van der Waals surface area contributed by atoms with E-state index in [2.05, 4.69) is 10.1 Å². The Morgan fingerprint density at radius 1 is 1.33 bits per heavy atom. The Hall–Kier alpha value is -0.335. The highest BCUT2D eigenvalue weighted by Gasteiger charge is 1.88. The van der Waals surface area contributed by atoms with Crippen molar-refractivity contribution >= 4 is 6.85 Å². The molecule has 0 spiro atoms. The van der Waals surface area contributed by atoms with Gasteiger partial charge in [-0.3, -0.25) is 5.03 Å². The number of rotatable bonds is 1. The van der Waals surface area contributed by atoms with Crippen molar-refractivity contribution in [2.24, 2.45) is 10.1 Å². The van der Waals surface area contributed by atoms with Crippen LogP contribution >= 0.6 is 0 Å². The van der Waals surface area contributed by atoms with Crippen molar-refractivity contribution in [3.8, 4) is 0 Å². The van der Waals surface area contributed by atoms with Gasteiger partial charge in [-0.2, -0.15) is 0 Å². The molecule has 0 saturated carbocycles. The van der Waals surface area contributed by atoms with E-state index >= 15 is 0 Å². The van der Waals surface area contributed by atoms with Crippen LogP contribution in [0.15, 0.2) is 10.1 Å². The van der Waals surface area contributed by atoms with Crippen LogP contribution in [0.1, 0.15) is 0 Å². The van der Waals surface area contributed by atoms with E-state index in [9.17, 15) is 0 Å². The molecule has 0 aromatic rings. The Labute approximate surface area is 38.8 Å². The lowest BCUT2D eigenvalue weighted by atomic mass is 9.71. The van der Waals surface area contributed by atoms with Crippen LogP contribution < -0.4 is 0 Å². The largest absolute Gasteiger partial charge is 0.301 e. The van der Waals surface area contributed by atoms with Gasteiger partial charge in [-0.25, -0.2) is 5.11 Å². The molecule has 0 aliphatic heterocycles. The molecule has 0 radical (unpaired) electrons. The highest BCUT2D eigenvalue weighted by Crippen LogP contribution is 1.78. The SMILES string of the molecule is CN=NB(C)C. The van der Waals surface area contributed by atoms with Crippen molar-refractivity contribution in [1.29, 1.82) is 0 Å². The molecule has 0 amide bonds. The first-order valence-corrected chi connectivity index (χ1v) is 2.06. The Kier molecular flexibility index (Phi) is 2.72. The highest BCUT2D eigenvalue weighted by molar-refractivity contribution is 6.53. The van der Waals surface area contributed by atoms with Gasteiger partial charge in [0, 0.05) is 7.05 Å². The van der Waals surface area contributed by atoms with Gasteiger partial charge in [-0.05, 0) is 0 Å². The lowest BCUT2D eigenvalue weighted by molar-refractivity contribution is 1.22. The van der Waals surface area contributed by atoms with Gasteiger partial charge in [0.1, 0.15) is 0 Å². The molecule has 0 saturated heterocycles. The molecule has 0 N–H and O–H groups in total. The van der Waals surface area contributed by atoms with Crippen molar-refractivity contribution in [2.75, 3.05) is 7.05 Å². The van der Waals surface area contributed by atoms with Crippen LogP contribution in [-0.2, 0) is 0 Å². The summed E-state index contributed by atoms with van der Waals surface area (Å²) in [6, 6.07) is 0.